The van der Waals surface area contributed by atoms with E-state index in [4.69, 9.17) is 0 Å². The molecule has 2 heterocycles. The third kappa shape index (κ3) is 5.77. The molecule has 0 bridgehead atoms. The molecule has 6 heteroatoms. The molecule has 6 nitrogen and oxygen atoms in total. The highest BCUT2D eigenvalue weighted by atomic mass is 16.4. The number of aliphatic carboxylic acids is 1. The maximum Gasteiger partial charge on any atom is 0.225 e. The van der Waals surface area contributed by atoms with Crippen LogP contribution in [0.1, 0.15) is 44.2 Å². The van der Waals surface area contributed by atoms with Crippen LogP contribution in [0.25, 0.3) is 0 Å². The number of likely N-dealkylation sites (tertiary alicyclic amines) is 1. The molecule has 2 aliphatic rings. The van der Waals surface area contributed by atoms with Crippen molar-refractivity contribution >= 4 is 11.9 Å². The quantitative estimate of drug-likeness (QED) is 0.644. The lowest BCUT2D eigenvalue weighted by Crippen LogP contribution is -3.09. The van der Waals surface area contributed by atoms with E-state index in [0.29, 0.717) is 19.0 Å². The topological polar surface area (TPSA) is 77.8 Å². The number of likely N-dealkylation sites (N-methyl/N-ethyl adjacent to an activating group) is 1. The number of piperidine rings is 1. The van der Waals surface area contributed by atoms with Crippen LogP contribution >= 0.6 is 0 Å². The van der Waals surface area contributed by atoms with Gasteiger partial charge < -0.3 is 19.7 Å². The van der Waals surface area contributed by atoms with Crippen molar-refractivity contribution in [3.05, 3.63) is 30.1 Å². The minimum Gasteiger partial charge on any atom is -0.550 e. The van der Waals surface area contributed by atoms with Gasteiger partial charge in [0.2, 0.25) is 5.91 Å². The first-order chi connectivity index (χ1) is 13.5. The highest BCUT2D eigenvalue weighted by molar-refractivity contribution is 5.79. The number of nitrogens with zero attached hydrogens (tertiary/aromatic N) is 2. The van der Waals surface area contributed by atoms with Gasteiger partial charge in [0.05, 0.1) is 20.1 Å². The highest BCUT2D eigenvalue weighted by Gasteiger charge is 2.36. The number of pyridine rings is 1. The Balaban J connectivity index is 1.50. The number of aromatic nitrogens is 1. The van der Waals surface area contributed by atoms with Gasteiger partial charge in [0.15, 0.2) is 0 Å². The Morgan fingerprint density at radius 1 is 1.21 bits per heavy atom. The van der Waals surface area contributed by atoms with E-state index in [1.807, 2.05) is 29.3 Å². The van der Waals surface area contributed by atoms with Gasteiger partial charge in [0, 0.05) is 49.7 Å². The van der Waals surface area contributed by atoms with E-state index >= 15 is 0 Å². The molecule has 0 radical (unpaired) electrons. The second-order valence-electron chi connectivity index (χ2n) is 8.61. The monoisotopic (exact) mass is 387 g/mol. The van der Waals surface area contributed by atoms with Crippen molar-refractivity contribution in [3.63, 3.8) is 0 Å². The van der Waals surface area contributed by atoms with Gasteiger partial charge in [0.25, 0.3) is 0 Å². The first-order valence-corrected chi connectivity index (χ1v) is 10.7. The molecule has 1 aromatic heterocycles. The first kappa shape index (κ1) is 20.8. The Hall–Kier alpha value is -1.95. The summed E-state index contributed by atoms with van der Waals surface area (Å²) >= 11 is 0. The summed E-state index contributed by atoms with van der Waals surface area (Å²) < 4.78 is 0. The zero-order chi connectivity index (χ0) is 19.9. The molecule has 1 unspecified atom stereocenters. The van der Waals surface area contributed by atoms with Crippen LogP contribution in [0.15, 0.2) is 24.4 Å². The smallest absolute Gasteiger partial charge is 0.225 e. The third-order valence-corrected chi connectivity index (χ3v) is 6.56. The van der Waals surface area contributed by atoms with Crippen LogP contribution in [0.4, 0.5) is 0 Å². The van der Waals surface area contributed by atoms with Gasteiger partial charge in [0.1, 0.15) is 0 Å². The van der Waals surface area contributed by atoms with Gasteiger partial charge in [-0.3, -0.25) is 9.78 Å². The number of carbonyl (C=O) groups is 2. The van der Waals surface area contributed by atoms with Crippen LogP contribution < -0.4 is 10.0 Å². The summed E-state index contributed by atoms with van der Waals surface area (Å²) in [5, 5.41) is 11.2. The fourth-order valence-corrected chi connectivity index (χ4v) is 4.45. The van der Waals surface area contributed by atoms with Gasteiger partial charge in [-0.2, -0.15) is 0 Å². The normalized spacial score (nSPS) is 23.8. The summed E-state index contributed by atoms with van der Waals surface area (Å²) in [6, 6.07) is 5.99. The molecule has 2 fully saturated rings. The first-order valence-electron chi connectivity index (χ1n) is 10.7. The Morgan fingerprint density at radius 2 is 2.04 bits per heavy atom. The average molecular weight is 388 g/mol. The Morgan fingerprint density at radius 3 is 2.68 bits per heavy atom. The van der Waals surface area contributed by atoms with E-state index in [-0.39, 0.29) is 24.2 Å². The van der Waals surface area contributed by atoms with Crippen molar-refractivity contribution in [3.8, 4) is 0 Å². The van der Waals surface area contributed by atoms with Gasteiger partial charge in [-0.05, 0) is 49.7 Å². The maximum absolute atomic E-state index is 12.6. The van der Waals surface area contributed by atoms with Crippen LogP contribution in [0.2, 0.25) is 0 Å². The molecule has 3 rings (SSSR count). The van der Waals surface area contributed by atoms with Crippen molar-refractivity contribution in [2.45, 2.75) is 44.9 Å². The Bertz CT molecular complexity index is 648. The van der Waals surface area contributed by atoms with E-state index < -0.39 is 5.97 Å². The molecule has 3 atom stereocenters. The molecule has 1 aromatic rings. The summed E-state index contributed by atoms with van der Waals surface area (Å²) in [7, 11) is 2.18. The molecule has 0 spiro atoms. The molecule has 1 aliphatic heterocycles. The van der Waals surface area contributed by atoms with Crippen molar-refractivity contribution < 1.29 is 19.6 Å². The molecule has 1 N–H and O–H groups in total. The van der Waals surface area contributed by atoms with Crippen LogP contribution in [-0.4, -0.2) is 55.0 Å². The SMILES string of the molecule is C[NH+](CCc1ccccn1)CC[C@H]1CN(C(=O)C2CCC2)CC[C@H]1CC(=O)[O-]. The van der Waals surface area contributed by atoms with Crippen molar-refractivity contribution in [2.75, 3.05) is 33.2 Å². The molecular weight excluding hydrogens is 354 g/mol. The van der Waals surface area contributed by atoms with E-state index in [0.717, 1.165) is 57.3 Å². The highest BCUT2D eigenvalue weighted by Crippen LogP contribution is 2.33. The van der Waals surface area contributed by atoms with Gasteiger partial charge in [-0.1, -0.05) is 12.5 Å². The standard InChI is InChI=1S/C22H33N3O3/c1-24(13-10-20-7-2-3-11-23-20)12-8-19-16-25(22(28)17-5-4-6-17)14-9-18(19)15-21(26)27/h2-3,7,11,17-19H,4-6,8-10,12-16H2,1H3,(H,26,27)/t18-,19-/m0/s1. The fraction of sp³-hybridized carbons (Fsp3) is 0.682. The third-order valence-electron chi connectivity index (χ3n) is 6.56. The number of rotatable bonds is 9. The number of nitrogens with one attached hydrogen (secondary N) is 1. The largest absolute Gasteiger partial charge is 0.550 e. The van der Waals surface area contributed by atoms with Crippen LogP contribution in [0.3, 0.4) is 0 Å². The van der Waals surface area contributed by atoms with Crippen molar-refractivity contribution in [2.24, 2.45) is 17.8 Å². The number of hydrogen-bond acceptors (Lipinski definition) is 4. The predicted molar refractivity (Wildman–Crippen MR) is 104 cm³/mol. The molecule has 0 aromatic carbocycles. The summed E-state index contributed by atoms with van der Waals surface area (Å²) in [6.45, 7) is 3.39. The minimum atomic E-state index is -0.968. The molecular formula is C22H33N3O3. The molecule has 1 aliphatic carbocycles. The van der Waals surface area contributed by atoms with Crippen LogP contribution in [-0.2, 0) is 16.0 Å². The minimum absolute atomic E-state index is 0.114. The number of carbonyl (C=O) groups excluding carboxylic acids is 2. The van der Waals surface area contributed by atoms with Crippen molar-refractivity contribution in [1.29, 1.82) is 0 Å². The number of carboxylic acid groups (broad SMARTS) is 1. The zero-order valence-electron chi connectivity index (χ0n) is 16.9. The molecule has 1 saturated heterocycles. The Labute approximate surface area is 167 Å². The van der Waals surface area contributed by atoms with Crippen LogP contribution in [0.5, 0.6) is 0 Å². The fourth-order valence-electron chi connectivity index (χ4n) is 4.45. The van der Waals surface area contributed by atoms with Gasteiger partial charge in [-0.15, -0.1) is 0 Å². The molecule has 1 saturated carbocycles. The average Bonchev–Trinajstić information content (AvgIpc) is 2.64. The van der Waals surface area contributed by atoms with Crippen LogP contribution in [0, 0.1) is 17.8 Å². The van der Waals surface area contributed by atoms with E-state index in [2.05, 4.69) is 12.0 Å². The lowest BCUT2D eigenvalue weighted by atomic mass is 9.79. The van der Waals surface area contributed by atoms with Crippen molar-refractivity contribution in [1.82, 2.24) is 9.88 Å². The van der Waals surface area contributed by atoms with Gasteiger partial charge in [-0.25, -0.2) is 0 Å². The number of carboxylic acids is 1. The maximum atomic E-state index is 12.6. The Kier molecular flexibility index (Phi) is 7.43. The number of hydrogen-bond donors (Lipinski definition) is 1. The number of quaternary nitrogens is 1. The summed E-state index contributed by atoms with van der Waals surface area (Å²) in [6.07, 6.45) is 7.79. The van der Waals surface area contributed by atoms with E-state index in [1.165, 1.54) is 4.90 Å². The van der Waals surface area contributed by atoms with E-state index in [9.17, 15) is 14.7 Å². The summed E-state index contributed by atoms with van der Waals surface area (Å²) in [4.78, 5) is 31.6. The molecule has 154 valence electrons. The van der Waals surface area contributed by atoms with E-state index in [1.54, 1.807) is 0 Å². The second-order valence-corrected chi connectivity index (χ2v) is 8.61. The van der Waals surface area contributed by atoms with Gasteiger partial charge >= 0.3 is 0 Å². The molecule has 28 heavy (non-hydrogen) atoms. The molecule has 1 amide bonds. The lowest BCUT2D eigenvalue weighted by molar-refractivity contribution is -0.880. The zero-order valence-corrected chi connectivity index (χ0v) is 16.9. The second kappa shape index (κ2) is 10.0. The summed E-state index contributed by atoms with van der Waals surface area (Å²) in [5.41, 5.74) is 1.10. The predicted octanol–water partition coefficient (Wildman–Crippen LogP) is -0.0663. The summed E-state index contributed by atoms with van der Waals surface area (Å²) in [5.74, 6) is -0.0897. The lowest BCUT2D eigenvalue weighted by Gasteiger charge is -2.41. The number of amides is 1.